The first-order valence-electron chi connectivity index (χ1n) is 9.34. The van der Waals surface area contributed by atoms with E-state index in [1.54, 1.807) is 0 Å². The van der Waals surface area contributed by atoms with Crippen LogP contribution in [-0.4, -0.2) is 14.4 Å². The summed E-state index contributed by atoms with van der Waals surface area (Å²) in [6, 6.07) is 23.7. The van der Waals surface area contributed by atoms with Crippen LogP contribution in [0.5, 0.6) is 0 Å². The topological polar surface area (TPSA) is 30.2 Å². The smallest absolute Gasteiger partial charge is 0.146 e. The molecule has 0 spiro atoms. The molecule has 0 bridgehead atoms. The van der Waals surface area contributed by atoms with Crippen LogP contribution >= 0.6 is 0 Å². The van der Waals surface area contributed by atoms with Crippen molar-refractivity contribution in [3.8, 4) is 0 Å². The summed E-state index contributed by atoms with van der Waals surface area (Å²) in [6.07, 6.45) is 2.87. The van der Waals surface area contributed by atoms with Crippen molar-refractivity contribution in [2.75, 3.05) is 0 Å². The highest BCUT2D eigenvalue weighted by Gasteiger charge is 2.14. The molecule has 0 aliphatic carbocycles. The molecule has 0 atom stereocenters. The van der Waals surface area contributed by atoms with Crippen molar-refractivity contribution >= 4 is 49.3 Å². The van der Waals surface area contributed by atoms with Crippen LogP contribution in [-0.2, 0) is 6.42 Å². The van der Waals surface area contributed by atoms with Crippen molar-refractivity contribution in [2.24, 2.45) is 0 Å². The van der Waals surface area contributed by atoms with Gasteiger partial charge < -0.3 is 0 Å². The molecule has 6 aromatic rings. The van der Waals surface area contributed by atoms with Crippen molar-refractivity contribution in [3.63, 3.8) is 0 Å². The lowest BCUT2D eigenvalue weighted by Gasteiger charge is -2.11. The quantitative estimate of drug-likeness (QED) is 0.274. The number of aryl methyl sites for hydroxylation is 1. The number of rotatable bonds is 1. The average Bonchev–Trinajstić information content (AvgIpc) is 3.12. The molecule has 128 valence electrons. The molecule has 0 N–H and O–H groups in total. The van der Waals surface area contributed by atoms with E-state index in [4.69, 9.17) is 4.98 Å². The van der Waals surface area contributed by atoms with Gasteiger partial charge in [0.2, 0.25) is 0 Å². The van der Waals surface area contributed by atoms with E-state index in [0.717, 1.165) is 34.0 Å². The molecule has 0 saturated carbocycles. The Morgan fingerprint density at radius 3 is 2.63 bits per heavy atom. The van der Waals surface area contributed by atoms with E-state index < -0.39 is 0 Å². The van der Waals surface area contributed by atoms with Crippen LogP contribution in [0.15, 0.2) is 72.9 Å². The van der Waals surface area contributed by atoms with Gasteiger partial charge >= 0.3 is 0 Å². The Morgan fingerprint density at radius 2 is 1.70 bits per heavy atom. The highest BCUT2D eigenvalue weighted by atomic mass is 15.0. The minimum absolute atomic E-state index is 1.01. The number of aromatic nitrogens is 3. The summed E-state index contributed by atoms with van der Waals surface area (Å²) in [5, 5.41) is 4.76. The van der Waals surface area contributed by atoms with Gasteiger partial charge in [-0.05, 0) is 53.8 Å². The molecule has 3 aromatic carbocycles. The van der Waals surface area contributed by atoms with E-state index in [1.165, 1.54) is 27.2 Å². The van der Waals surface area contributed by atoms with E-state index in [0.29, 0.717) is 0 Å². The third kappa shape index (κ3) is 1.97. The lowest BCUT2D eigenvalue weighted by molar-refractivity contribution is 1.14. The molecule has 0 radical (unpaired) electrons. The summed E-state index contributed by atoms with van der Waals surface area (Å²) in [5.74, 6) is 0. The predicted molar refractivity (Wildman–Crippen MR) is 112 cm³/mol. The fourth-order valence-corrected chi connectivity index (χ4v) is 4.19. The van der Waals surface area contributed by atoms with Gasteiger partial charge in [-0.1, -0.05) is 37.3 Å². The lowest BCUT2D eigenvalue weighted by atomic mass is 10.0. The first-order chi connectivity index (χ1) is 13.3. The number of benzene rings is 3. The Hall–Kier alpha value is -3.46. The Kier molecular flexibility index (Phi) is 2.87. The SMILES string of the molecule is CCc1ccc2c3cc4ncccc4cc3c3nc4ccccc4n3c2c1. The summed E-state index contributed by atoms with van der Waals surface area (Å²) < 4.78 is 2.31. The molecule has 0 saturated heterocycles. The van der Waals surface area contributed by atoms with Crippen molar-refractivity contribution < 1.29 is 0 Å². The summed E-state index contributed by atoms with van der Waals surface area (Å²) in [7, 11) is 0. The molecule has 3 nitrogen and oxygen atoms in total. The molecular weight excluding hydrogens is 330 g/mol. The Bertz CT molecular complexity index is 1510. The minimum atomic E-state index is 1.01. The van der Waals surface area contributed by atoms with Gasteiger partial charge in [-0.3, -0.25) is 9.38 Å². The molecule has 0 unspecified atom stereocenters. The number of fused-ring (bicyclic) bond motifs is 9. The van der Waals surface area contributed by atoms with Crippen molar-refractivity contribution in [1.29, 1.82) is 0 Å². The van der Waals surface area contributed by atoms with Crippen LogP contribution in [0.2, 0.25) is 0 Å². The summed E-state index contributed by atoms with van der Waals surface area (Å²) >= 11 is 0. The number of para-hydroxylation sites is 2. The summed E-state index contributed by atoms with van der Waals surface area (Å²) in [4.78, 5) is 9.57. The second kappa shape index (κ2) is 5.27. The van der Waals surface area contributed by atoms with Crippen molar-refractivity contribution in [2.45, 2.75) is 13.3 Å². The van der Waals surface area contributed by atoms with E-state index >= 15 is 0 Å². The average molecular weight is 347 g/mol. The number of imidazole rings is 1. The van der Waals surface area contributed by atoms with Gasteiger partial charge in [0, 0.05) is 22.4 Å². The molecule has 0 fully saturated rings. The molecule has 3 heteroatoms. The second-order valence-corrected chi connectivity index (χ2v) is 7.06. The second-order valence-electron chi connectivity index (χ2n) is 7.06. The Morgan fingerprint density at radius 1 is 0.778 bits per heavy atom. The zero-order valence-electron chi connectivity index (χ0n) is 15.0. The van der Waals surface area contributed by atoms with Gasteiger partial charge in [-0.15, -0.1) is 0 Å². The number of hydrogen-bond acceptors (Lipinski definition) is 2. The Labute approximate surface area is 155 Å². The highest BCUT2D eigenvalue weighted by Crippen LogP contribution is 2.34. The maximum absolute atomic E-state index is 5.00. The van der Waals surface area contributed by atoms with Crippen LogP contribution in [0, 0.1) is 0 Å². The molecule has 6 rings (SSSR count). The third-order valence-corrected chi connectivity index (χ3v) is 5.55. The van der Waals surface area contributed by atoms with E-state index in [2.05, 4.69) is 77.0 Å². The number of pyridine rings is 2. The van der Waals surface area contributed by atoms with Crippen molar-refractivity contribution in [3.05, 3.63) is 78.5 Å². The minimum Gasteiger partial charge on any atom is -0.292 e. The first kappa shape index (κ1) is 14.7. The van der Waals surface area contributed by atoms with Crippen LogP contribution in [0.4, 0.5) is 0 Å². The van der Waals surface area contributed by atoms with Crippen LogP contribution in [0.25, 0.3) is 49.3 Å². The van der Waals surface area contributed by atoms with Crippen LogP contribution in [0.3, 0.4) is 0 Å². The fraction of sp³-hybridized carbons (Fsp3) is 0.0833. The summed E-state index contributed by atoms with van der Waals surface area (Å²) in [6.45, 7) is 2.20. The third-order valence-electron chi connectivity index (χ3n) is 5.55. The van der Waals surface area contributed by atoms with Gasteiger partial charge in [0.1, 0.15) is 5.65 Å². The van der Waals surface area contributed by atoms with E-state index in [1.807, 2.05) is 12.3 Å². The van der Waals surface area contributed by atoms with Gasteiger partial charge in [-0.2, -0.15) is 0 Å². The lowest BCUT2D eigenvalue weighted by Crippen LogP contribution is -1.93. The zero-order chi connectivity index (χ0) is 18.0. The molecule has 0 aliphatic heterocycles. The van der Waals surface area contributed by atoms with Gasteiger partial charge in [0.25, 0.3) is 0 Å². The van der Waals surface area contributed by atoms with Crippen molar-refractivity contribution in [1.82, 2.24) is 14.4 Å². The maximum atomic E-state index is 5.00. The predicted octanol–water partition coefficient (Wildman–Crippen LogP) is 5.90. The van der Waals surface area contributed by atoms with E-state index in [-0.39, 0.29) is 0 Å². The maximum Gasteiger partial charge on any atom is 0.146 e. The molecule has 0 amide bonds. The van der Waals surface area contributed by atoms with Crippen LogP contribution < -0.4 is 0 Å². The molecule has 27 heavy (non-hydrogen) atoms. The standard InChI is InChI=1S/C24H17N3/c1-2-15-9-10-17-18-14-21-16(6-5-11-25-21)13-19(18)24-26-20-7-3-4-8-22(20)27(24)23(17)12-15/h3-14H,2H2,1H3. The van der Waals surface area contributed by atoms with E-state index in [9.17, 15) is 0 Å². The summed E-state index contributed by atoms with van der Waals surface area (Å²) in [5.41, 5.74) is 6.75. The number of nitrogens with zero attached hydrogens (tertiary/aromatic N) is 3. The fourth-order valence-electron chi connectivity index (χ4n) is 4.19. The molecule has 3 aromatic heterocycles. The van der Waals surface area contributed by atoms with Crippen LogP contribution in [0.1, 0.15) is 12.5 Å². The number of hydrogen-bond donors (Lipinski definition) is 0. The first-order valence-corrected chi connectivity index (χ1v) is 9.34. The largest absolute Gasteiger partial charge is 0.292 e. The van der Waals surface area contributed by atoms with Gasteiger partial charge in [0.15, 0.2) is 0 Å². The zero-order valence-corrected chi connectivity index (χ0v) is 15.0. The molecule has 3 heterocycles. The molecule has 0 aliphatic rings. The Balaban J connectivity index is 1.97. The van der Waals surface area contributed by atoms with Gasteiger partial charge in [-0.25, -0.2) is 4.98 Å². The van der Waals surface area contributed by atoms with Gasteiger partial charge in [0.05, 0.1) is 22.1 Å². The normalized spacial score (nSPS) is 12.0. The monoisotopic (exact) mass is 347 g/mol. The highest BCUT2D eigenvalue weighted by molar-refractivity contribution is 6.17. The molecular formula is C24H17N3.